The van der Waals surface area contributed by atoms with E-state index in [1.54, 1.807) is 6.20 Å². The smallest absolute Gasteiger partial charge is 0.254 e. The maximum Gasteiger partial charge on any atom is 0.254 e. The molecule has 6 rings (SSSR count). The van der Waals surface area contributed by atoms with Crippen molar-refractivity contribution in [3.63, 3.8) is 0 Å². The molecule has 114 valence electrons. The van der Waals surface area contributed by atoms with Crippen molar-refractivity contribution < 1.29 is 4.79 Å². The first kappa shape index (κ1) is 12.6. The number of amides is 1. The quantitative estimate of drug-likeness (QED) is 0.870. The van der Waals surface area contributed by atoms with Gasteiger partial charge in [-0.05, 0) is 49.9 Å². The van der Waals surface area contributed by atoms with Crippen LogP contribution < -0.4 is 0 Å². The molecule has 2 bridgehead atoms. The number of fused-ring (bicyclic) bond motifs is 3. The topological polar surface area (TPSA) is 52.2 Å². The second-order valence-electron chi connectivity index (χ2n) is 6.85. The summed E-state index contributed by atoms with van der Waals surface area (Å²) in [4.78, 5) is 25.4. The van der Waals surface area contributed by atoms with E-state index < -0.39 is 0 Å². The van der Waals surface area contributed by atoms with Gasteiger partial charge < -0.3 is 14.8 Å². The maximum absolute atomic E-state index is 13.2. The van der Waals surface area contributed by atoms with Gasteiger partial charge in [-0.25, -0.2) is 4.98 Å². The summed E-state index contributed by atoms with van der Waals surface area (Å²) >= 11 is 0. The second-order valence-corrected chi connectivity index (χ2v) is 6.85. The lowest BCUT2D eigenvalue weighted by atomic mass is 9.83. The van der Waals surface area contributed by atoms with E-state index in [2.05, 4.69) is 19.8 Å². The Kier molecular flexibility index (Phi) is 2.62. The normalized spacial score (nSPS) is 30.8. The van der Waals surface area contributed by atoms with E-state index in [1.807, 2.05) is 12.3 Å². The number of pyridine rings is 1. The lowest BCUT2D eigenvalue weighted by Gasteiger charge is -2.49. The minimum Gasteiger partial charge on any atom is -0.346 e. The van der Waals surface area contributed by atoms with Crippen molar-refractivity contribution in [2.75, 3.05) is 26.2 Å². The largest absolute Gasteiger partial charge is 0.346 e. The molecule has 2 aromatic rings. The Morgan fingerprint density at radius 1 is 1.23 bits per heavy atom. The summed E-state index contributed by atoms with van der Waals surface area (Å²) in [7, 11) is 0. The number of nitrogens with zero attached hydrogens (tertiary/aromatic N) is 3. The van der Waals surface area contributed by atoms with E-state index in [1.165, 1.54) is 31.5 Å². The van der Waals surface area contributed by atoms with Crippen molar-refractivity contribution in [3.8, 4) is 0 Å². The van der Waals surface area contributed by atoms with Gasteiger partial charge in [0, 0.05) is 36.9 Å². The number of hydrogen-bond acceptors (Lipinski definition) is 3. The Hall–Kier alpha value is -1.88. The summed E-state index contributed by atoms with van der Waals surface area (Å²) in [6, 6.07) is 2.29. The molecule has 5 heteroatoms. The maximum atomic E-state index is 13.2. The SMILES string of the molecule is O=C1c2ccnc3[nH]cc(c23)CCN1C1CN2CCC1CC2. The van der Waals surface area contributed by atoms with Gasteiger partial charge in [0.2, 0.25) is 0 Å². The Balaban J connectivity index is 1.56. The van der Waals surface area contributed by atoms with E-state index in [4.69, 9.17) is 0 Å². The minimum absolute atomic E-state index is 0.199. The van der Waals surface area contributed by atoms with Crippen molar-refractivity contribution in [1.82, 2.24) is 19.8 Å². The van der Waals surface area contributed by atoms with E-state index in [9.17, 15) is 4.79 Å². The number of hydrogen-bond donors (Lipinski definition) is 1. The molecule has 1 atom stereocenters. The van der Waals surface area contributed by atoms with Gasteiger partial charge >= 0.3 is 0 Å². The summed E-state index contributed by atoms with van der Waals surface area (Å²) in [6.45, 7) is 4.31. The zero-order chi connectivity index (χ0) is 14.7. The molecule has 1 unspecified atom stereocenters. The third-order valence-corrected chi connectivity index (χ3v) is 5.79. The number of aromatic nitrogens is 2. The van der Waals surface area contributed by atoms with E-state index in [-0.39, 0.29) is 5.91 Å². The van der Waals surface area contributed by atoms with Crippen LogP contribution in [0.2, 0.25) is 0 Å². The summed E-state index contributed by atoms with van der Waals surface area (Å²) in [5, 5.41) is 1.04. The molecule has 4 aliphatic rings. The van der Waals surface area contributed by atoms with Gasteiger partial charge in [-0.1, -0.05) is 0 Å². The fourth-order valence-corrected chi connectivity index (χ4v) is 4.60. The van der Waals surface area contributed by atoms with Crippen LogP contribution in [-0.4, -0.2) is 57.9 Å². The molecule has 2 aromatic heterocycles. The molecule has 4 aliphatic heterocycles. The predicted molar refractivity (Wildman–Crippen MR) is 83.8 cm³/mol. The van der Waals surface area contributed by atoms with Gasteiger partial charge in [0.15, 0.2) is 0 Å². The number of aromatic amines is 1. The average Bonchev–Trinajstić information content (AvgIpc) is 2.93. The summed E-state index contributed by atoms with van der Waals surface area (Å²) in [5.74, 6) is 0.884. The average molecular weight is 296 g/mol. The number of piperidine rings is 3. The van der Waals surface area contributed by atoms with Gasteiger partial charge in [0.25, 0.3) is 5.91 Å². The predicted octanol–water partition coefficient (Wildman–Crippen LogP) is 1.66. The highest BCUT2D eigenvalue weighted by atomic mass is 16.2. The van der Waals surface area contributed by atoms with Crippen LogP contribution in [0, 0.1) is 5.92 Å². The fourth-order valence-electron chi connectivity index (χ4n) is 4.60. The highest BCUT2D eigenvalue weighted by Gasteiger charge is 2.40. The van der Waals surface area contributed by atoms with E-state index in [0.29, 0.717) is 12.0 Å². The zero-order valence-corrected chi connectivity index (χ0v) is 12.6. The molecule has 1 N–H and O–H groups in total. The highest BCUT2D eigenvalue weighted by Crippen LogP contribution is 2.34. The van der Waals surface area contributed by atoms with Gasteiger partial charge in [-0.15, -0.1) is 0 Å². The molecular weight excluding hydrogens is 276 g/mol. The zero-order valence-electron chi connectivity index (χ0n) is 12.6. The van der Waals surface area contributed by atoms with Crippen LogP contribution in [0.3, 0.4) is 0 Å². The van der Waals surface area contributed by atoms with Gasteiger partial charge in [0.05, 0.1) is 5.56 Å². The Morgan fingerprint density at radius 2 is 2.09 bits per heavy atom. The Labute approximate surface area is 129 Å². The van der Waals surface area contributed by atoms with Crippen LogP contribution in [0.4, 0.5) is 0 Å². The van der Waals surface area contributed by atoms with Crippen molar-refractivity contribution >= 4 is 16.9 Å². The molecule has 0 aliphatic carbocycles. The number of rotatable bonds is 1. The van der Waals surface area contributed by atoms with Crippen LogP contribution in [0.25, 0.3) is 11.0 Å². The number of carbonyl (C=O) groups is 1. The minimum atomic E-state index is 0.199. The third kappa shape index (κ3) is 1.69. The second kappa shape index (κ2) is 4.56. The molecular formula is C17H20N4O. The van der Waals surface area contributed by atoms with Crippen LogP contribution in [0.15, 0.2) is 18.5 Å². The molecule has 6 heterocycles. The fraction of sp³-hybridized carbons (Fsp3) is 0.529. The standard InChI is InChI=1S/C17H20N4O/c22-17-13-1-5-18-16-15(13)12(9-19-16)4-8-21(17)14-10-20-6-2-11(14)3-7-20/h1,5,9,11,14H,2-4,6-8,10H2,(H,18,19). The van der Waals surface area contributed by atoms with Crippen LogP contribution >= 0.6 is 0 Å². The molecule has 22 heavy (non-hydrogen) atoms. The Bertz CT molecular complexity index is 744. The summed E-state index contributed by atoms with van der Waals surface area (Å²) in [6.07, 6.45) is 7.18. The van der Waals surface area contributed by atoms with Gasteiger partial charge in [0.1, 0.15) is 5.65 Å². The number of nitrogens with one attached hydrogen (secondary N) is 1. The number of carbonyl (C=O) groups excluding carboxylic acids is 1. The molecule has 3 fully saturated rings. The Morgan fingerprint density at radius 3 is 2.86 bits per heavy atom. The lowest BCUT2D eigenvalue weighted by molar-refractivity contribution is 0.00826. The molecule has 0 saturated carbocycles. The van der Waals surface area contributed by atoms with Crippen molar-refractivity contribution in [1.29, 1.82) is 0 Å². The molecule has 0 aromatic carbocycles. The van der Waals surface area contributed by atoms with E-state index in [0.717, 1.165) is 36.1 Å². The monoisotopic (exact) mass is 296 g/mol. The van der Waals surface area contributed by atoms with Crippen LogP contribution in [-0.2, 0) is 6.42 Å². The third-order valence-electron chi connectivity index (χ3n) is 5.79. The van der Waals surface area contributed by atoms with Crippen molar-refractivity contribution in [3.05, 3.63) is 29.6 Å². The van der Waals surface area contributed by atoms with Crippen LogP contribution in [0.5, 0.6) is 0 Å². The first-order valence-electron chi connectivity index (χ1n) is 8.29. The summed E-state index contributed by atoms with van der Waals surface area (Å²) < 4.78 is 0. The molecule has 5 nitrogen and oxygen atoms in total. The first-order valence-corrected chi connectivity index (χ1v) is 8.29. The number of H-pyrrole nitrogens is 1. The lowest BCUT2D eigenvalue weighted by Crippen LogP contribution is -2.58. The molecule has 1 amide bonds. The highest BCUT2D eigenvalue weighted by molar-refractivity contribution is 6.07. The first-order chi connectivity index (χ1) is 10.8. The van der Waals surface area contributed by atoms with Crippen LogP contribution in [0.1, 0.15) is 28.8 Å². The van der Waals surface area contributed by atoms with Gasteiger partial charge in [-0.3, -0.25) is 4.79 Å². The molecule has 3 saturated heterocycles. The summed E-state index contributed by atoms with van der Waals surface area (Å²) in [5.41, 5.74) is 2.90. The van der Waals surface area contributed by atoms with Gasteiger partial charge in [-0.2, -0.15) is 0 Å². The van der Waals surface area contributed by atoms with Crippen molar-refractivity contribution in [2.45, 2.75) is 25.3 Å². The molecule has 0 radical (unpaired) electrons. The van der Waals surface area contributed by atoms with Crippen molar-refractivity contribution in [2.24, 2.45) is 5.92 Å². The van der Waals surface area contributed by atoms with E-state index >= 15 is 0 Å². The molecule has 0 spiro atoms.